The number of halogens is 1. The van der Waals surface area contributed by atoms with Crippen LogP contribution < -0.4 is 5.32 Å². The number of pyridine rings is 1. The molecule has 0 aliphatic carbocycles. The van der Waals surface area contributed by atoms with Crippen LogP contribution in [0, 0.1) is 12.7 Å². The van der Waals surface area contributed by atoms with Crippen LogP contribution in [0.25, 0.3) is 0 Å². The van der Waals surface area contributed by atoms with Gasteiger partial charge in [-0.15, -0.1) is 11.8 Å². The molecule has 0 saturated heterocycles. The van der Waals surface area contributed by atoms with E-state index in [2.05, 4.69) is 10.3 Å². The first-order valence-electron chi connectivity index (χ1n) is 7.95. The first-order chi connectivity index (χ1) is 12.1. The van der Waals surface area contributed by atoms with Crippen molar-refractivity contribution in [2.75, 3.05) is 5.32 Å². The molecular formula is C20H19FN2OS. The Labute approximate surface area is 150 Å². The van der Waals surface area contributed by atoms with Crippen LogP contribution in [0.15, 0.2) is 71.9 Å². The van der Waals surface area contributed by atoms with Gasteiger partial charge in [0, 0.05) is 34.3 Å². The molecule has 0 amide bonds. The third kappa shape index (κ3) is 4.59. The molecule has 3 rings (SSSR count). The molecule has 0 saturated carbocycles. The van der Waals surface area contributed by atoms with Gasteiger partial charge in [0.2, 0.25) is 0 Å². The summed E-state index contributed by atoms with van der Waals surface area (Å²) in [4.78, 5) is 4.99. The zero-order chi connectivity index (χ0) is 17.6. The van der Waals surface area contributed by atoms with Gasteiger partial charge < -0.3 is 10.4 Å². The summed E-state index contributed by atoms with van der Waals surface area (Å²) >= 11 is 1.64. The molecule has 0 bridgehead atoms. The Balaban J connectivity index is 1.73. The quantitative estimate of drug-likeness (QED) is 0.487. The molecule has 1 unspecified atom stereocenters. The minimum atomic E-state index is -0.914. The molecule has 128 valence electrons. The second-order valence-corrected chi connectivity index (χ2v) is 6.71. The Bertz CT molecular complexity index is 842. The van der Waals surface area contributed by atoms with Crippen LogP contribution in [0.2, 0.25) is 0 Å². The molecule has 0 aliphatic heterocycles. The van der Waals surface area contributed by atoms with Crippen LogP contribution in [0.3, 0.4) is 0 Å². The molecule has 1 heterocycles. The van der Waals surface area contributed by atoms with E-state index in [1.165, 1.54) is 6.07 Å². The molecule has 0 spiro atoms. The standard InChI is InChI=1S/C20H19FN2OS/c1-14-6-7-16(12-18(14)21)23-20(24)17-4-2-3-5-19(17)25-13-15-8-10-22-11-9-15/h2-12,20,23-24H,13H2,1H3. The first kappa shape index (κ1) is 17.5. The van der Waals surface area contributed by atoms with Gasteiger partial charge in [-0.2, -0.15) is 0 Å². The van der Waals surface area contributed by atoms with E-state index >= 15 is 0 Å². The Kier molecular flexibility index (Phi) is 5.68. The van der Waals surface area contributed by atoms with Gasteiger partial charge in [0.25, 0.3) is 0 Å². The van der Waals surface area contributed by atoms with Gasteiger partial charge in [-0.1, -0.05) is 24.3 Å². The van der Waals surface area contributed by atoms with E-state index in [0.717, 1.165) is 21.8 Å². The molecule has 1 atom stereocenters. The van der Waals surface area contributed by atoms with Crippen molar-refractivity contribution in [1.82, 2.24) is 4.98 Å². The average Bonchev–Trinajstić information content (AvgIpc) is 2.64. The van der Waals surface area contributed by atoms with Crippen LogP contribution in [0.5, 0.6) is 0 Å². The number of benzene rings is 2. The van der Waals surface area contributed by atoms with Crippen LogP contribution in [0.4, 0.5) is 10.1 Å². The first-order valence-corrected chi connectivity index (χ1v) is 8.93. The highest BCUT2D eigenvalue weighted by atomic mass is 32.2. The van der Waals surface area contributed by atoms with Crippen LogP contribution in [-0.4, -0.2) is 10.1 Å². The molecule has 2 aromatic carbocycles. The van der Waals surface area contributed by atoms with Crippen LogP contribution in [0.1, 0.15) is 22.9 Å². The number of aryl methyl sites for hydroxylation is 1. The largest absolute Gasteiger partial charge is 0.369 e. The van der Waals surface area contributed by atoms with E-state index in [1.807, 2.05) is 36.4 Å². The van der Waals surface area contributed by atoms with Crippen molar-refractivity contribution < 1.29 is 9.50 Å². The van der Waals surface area contributed by atoms with Gasteiger partial charge in [-0.05, 0) is 48.4 Å². The SMILES string of the molecule is Cc1ccc(NC(O)c2ccccc2SCc2ccncc2)cc1F. The number of aliphatic hydroxyl groups is 1. The van der Waals surface area contributed by atoms with Gasteiger partial charge in [-0.3, -0.25) is 4.98 Å². The number of anilines is 1. The maximum absolute atomic E-state index is 13.7. The van der Waals surface area contributed by atoms with Crippen LogP contribution >= 0.6 is 11.8 Å². The number of thioether (sulfide) groups is 1. The lowest BCUT2D eigenvalue weighted by Gasteiger charge is -2.18. The molecule has 3 aromatic rings. The maximum Gasteiger partial charge on any atom is 0.151 e. The van der Waals surface area contributed by atoms with E-state index in [9.17, 15) is 9.50 Å². The number of aliphatic hydroxyl groups excluding tert-OH is 1. The van der Waals surface area contributed by atoms with Crippen molar-refractivity contribution in [3.63, 3.8) is 0 Å². The summed E-state index contributed by atoms with van der Waals surface area (Å²) in [6.45, 7) is 1.71. The molecule has 0 radical (unpaired) electrons. The molecule has 0 aliphatic rings. The Morgan fingerprint density at radius 2 is 1.88 bits per heavy atom. The molecule has 3 nitrogen and oxygen atoms in total. The fraction of sp³-hybridized carbons (Fsp3) is 0.150. The smallest absolute Gasteiger partial charge is 0.151 e. The number of nitrogens with zero attached hydrogens (tertiary/aromatic N) is 1. The van der Waals surface area contributed by atoms with Crippen molar-refractivity contribution in [2.45, 2.75) is 23.8 Å². The summed E-state index contributed by atoms with van der Waals surface area (Å²) in [6.07, 6.45) is 2.62. The topological polar surface area (TPSA) is 45.1 Å². The summed E-state index contributed by atoms with van der Waals surface area (Å²) < 4.78 is 13.7. The lowest BCUT2D eigenvalue weighted by atomic mass is 10.1. The van der Waals surface area contributed by atoms with Crippen molar-refractivity contribution in [2.24, 2.45) is 0 Å². The lowest BCUT2D eigenvalue weighted by molar-refractivity contribution is 0.205. The molecule has 5 heteroatoms. The minimum Gasteiger partial charge on any atom is -0.369 e. The second-order valence-electron chi connectivity index (χ2n) is 5.69. The van der Waals surface area contributed by atoms with Gasteiger partial charge in [0.1, 0.15) is 5.82 Å². The summed E-state index contributed by atoms with van der Waals surface area (Å²) in [5.74, 6) is 0.489. The molecule has 25 heavy (non-hydrogen) atoms. The number of hydrogen-bond acceptors (Lipinski definition) is 4. The Morgan fingerprint density at radius 3 is 2.64 bits per heavy atom. The zero-order valence-electron chi connectivity index (χ0n) is 13.8. The van der Waals surface area contributed by atoms with Gasteiger partial charge in [0.05, 0.1) is 0 Å². The third-order valence-corrected chi connectivity index (χ3v) is 4.99. The van der Waals surface area contributed by atoms with Gasteiger partial charge in [0.15, 0.2) is 6.23 Å². The highest BCUT2D eigenvalue weighted by Gasteiger charge is 2.13. The average molecular weight is 354 g/mol. The van der Waals surface area contributed by atoms with Crippen molar-refractivity contribution in [3.8, 4) is 0 Å². The fourth-order valence-corrected chi connectivity index (χ4v) is 3.43. The number of rotatable bonds is 6. The summed E-state index contributed by atoms with van der Waals surface area (Å²) in [7, 11) is 0. The normalized spacial score (nSPS) is 12.0. The highest BCUT2D eigenvalue weighted by molar-refractivity contribution is 7.98. The zero-order valence-corrected chi connectivity index (χ0v) is 14.6. The molecule has 1 aromatic heterocycles. The minimum absolute atomic E-state index is 0.294. The molecule has 0 fully saturated rings. The summed E-state index contributed by atoms with van der Waals surface area (Å²) in [5.41, 5.74) is 3.05. The molecular weight excluding hydrogens is 335 g/mol. The number of nitrogens with one attached hydrogen (secondary N) is 1. The predicted molar refractivity (Wildman–Crippen MR) is 100.0 cm³/mol. The monoisotopic (exact) mass is 354 g/mol. The van der Waals surface area contributed by atoms with Gasteiger partial charge in [-0.25, -0.2) is 4.39 Å². The maximum atomic E-state index is 13.7. The summed E-state index contributed by atoms with van der Waals surface area (Å²) in [5, 5.41) is 13.5. The van der Waals surface area contributed by atoms with E-state index in [-0.39, 0.29) is 5.82 Å². The lowest BCUT2D eigenvalue weighted by Crippen LogP contribution is -2.11. The number of aromatic nitrogens is 1. The van der Waals surface area contributed by atoms with Crippen molar-refractivity contribution in [3.05, 3.63) is 89.5 Å². The van der Waals surface area contributed by atoms with Crippen molar-refractivity contribution >= 4 is 17.4 Å². The van der Waals surface area contributed by atoms with Crippen molar-refractivity contribution in [1.29, 1.82) is 0 Å². The van der Waals surface area contributed by atoms with E-state index in [1.54, 1.807) is 43.2 Å². The van der Waals surface area contributed by atoms with Gasteiger partial charge >= 0.3 is 0 Å². The second kappa shape index (κ2) is 8.14. The molecule has 2 N–H and O–H groups in total. The van der Waals surface area contributed by atoms with E-state index < -0.39 is 6.23 Å². The summed E-state index contributed by atoms with van der Waals surface area (Å²) in [6, 6.07) is 16.5. The predicted octanol–water partition coefficient (Wildman–Crippen LogP) is 4.92. The Morgan fingerprint density at radius 1 is 1.12 bits per heavy atom. The van der Waals surface area contributed by atoms with E-state index in [0.29, 0.717) is 11.3 Å². The third-order valence-electron chi connectivity index (χ3n) is 3.83. The number of hydrogen-bond donors (Lipinski definition) is 2. The van der Waals surface area contributed by atoms with E-state index in [4.69, 9.17) is 0 Å². The highest BCUT2D eigenvalue weighted by Crippen LogP contribution is 2.30. The Hall–Kier alpha value is -2.37. The fourth-order valence-electron chi connectivity index (χ4n) is 2.40. The van der Waals surface area contributed by atoms with Crippen LogP contribution in [-0.2, 0) is 5.75 Å².